The van der Waals surface area contributed by atoms with Crippen molar-refractivity contribution in [3.8, 4) is 0 Å². The monoisotopic (exact) mass is 264 g/mol. The van der Waals surface area contributed by atoms with E-state index in [1.165, 1.54) is 0 Å². The molecular formula is C10H8F4N2O2. The van der Waals surface area contributed by atoms with Crippen LogP contribution in [0.5, 0.6) is 0 Å². The first-order valence-corrected chi connectivity index (χ1v) is 5.13. The lowest BCUT2D eigenvalue weighted by atomic mass is 10.2. The molecule has 0 aliphatic carbocycles. The molecule has 1 aromatic heterocycles. The average Bonchev–Trinajstić information content (AvgIpc) is 2.76. The molecule has 1 aliphatic heterocycles. The van der Waals surface area contributed by atoms with E-state index in [9.17, 15) is 22.4 Å². The lowest BCUT2D eigenvalue weighted by molar-refractivity contribution is -0.138. The van der Waals surface area contributed by atoms with Crippen molar-refractivity contribution < 1.29 is 27.5 Å². The van der Waals surface area contributed by atoms with E-state index in [0.29, 0.717) is 6.42 Å². The van der Waals surface area contributed by atoms with Crippen molar-refractivity contribution in [1.29, 1.82) is 0 Å². The van der Waals surface area contributed by atoms with Crippen LogP contribution in [0.4, 0.5) is 23.2 Å². The minimum Gasteiger partial charge on any atom is -0.480 e. The maximum atomic E-state index is 13.5. The summed E-state index contributed by atoms with van der Waals surface area (Å²) in [6.07, 6.45) is 0.515. The van der Waals surface area contributed by atoms with E-state index in [4.69, 9.17) is 5.11 Å². The second-order valence-corrected chi connectivity index (χ2v) is 3.86. The molecule has 18 heavy (non-hydrogen) atoms. The SMILES string of the molecule is O=C(O)[C@@H]1CCCN1c1c(F)c(F)nc(F)c1F. The Labute approximate surface area is 98.8 Å². The van der Waals surface area contributed by atoms with E-state index in [1.54, 1.807) is 0 Å². The van der Waals surface area contributed by atoms with Gasteiger partial charge in [-0.2, -0.15) is 22.5 Å². The van der Waals surface area contributed by atoms with Crippen molar-refractivity contribution in [3.63, 3.8) is 0 Å². The van der Waals surface area contributed by atoms with Crippen LogP contribution < -0.4 is 4.90 Å². The molecule has 1 aliphatic rings. The van der Waals surface area contributed by atoms with Gasteiger partial charge in [-0.05, 0) is 12.8 Å². The first-order chi connectivity index (χ1) is 8.43. The number of hydrogen-bond acceptors (Lipinski definition) is 3. The van der Waals surface area contributed by atoms with Crippen LogP contribution in [-0.2, 0) is 4.79 Å². The van der Waals surface area contributed by atoms with Gasteiger partial charge in [0.25, 0.3) is 11.9 Å². The summed E-state index contributed by atoms with van der Waals surface area (Å²) < 4.78 is 52.8. The first kappa shape index (κ1) is 12.6. The number of aliphatic carboxylic acids is 1. The number of anilines is 1. The number of hydrogen-bond donors (Lipinski definition) is 1. The second kappa shape index (κ2) is 4.43. The van der Waals surface area contributed by atoms with Gasteiger partial charge in [0.15, 0.2) is 0 Å². The van der Waals surface area contributed by atoms with Crippen LogP contribution >= 0.6 is 0 Å². The topological polar surface area (TPSA) is 53.4 Å². The molecule has 98 valence electrons. The van der Waals surface area contributed by atoms with Gasteiger partial charge in [-0.25, -0.2) is 4.79 Å². The zero-order valence-electron chi connectivity index (χ0n) is 8.96. The van der Waals surface area contributed by atoms with E-state index < -0.39 is 41.2 Å². The van der Waals surface area contributed by atoms with Crippen LogP contribution in [0.2, 0.25) is 0 Å². The highest BCUT2D eigenvalue weighted by Gasteiger charge is 2.36. The summed E-state index contributed by atoms with van der Waals surface area (Å²) in [5.74, 6) is -8.24. The van der Waals surface area contributed by atoms with E-state index in [0.717, 1.165) is 4.90 Å². The lowest BCUT2D eigenvalue weighted by Gasteiger charge is -2.24. The molecule has 0 radical (unpaired) electrons. The van der Waals surface area contributed by atoms with Crippen molar-refractivity contribution in [2.75, 3.05) is 11.4 Å². The summed E-state index contributed by atoms with van der Waals surface area (Å²) in [6.45, 7) is 0.00764. The fraction of sp³-hybridized carbons (Fsp3) is 0.400. The maximum absolute atomic E-state index is 13.5. The third-order valence-corrected chi connectivity index (χ3v) is 2.80. The standard InChI is InChI=1S/C10H8F4N2O2/c11-5-7(6(12)9(14)15-8(5)13)16-3-1-2-4(16)10(17)18/h4H,1-3H2,(H,17,18)/t4-/m0/s1. The number of carboxylic acids is 1. The molecule has 0 amide bonds. The zero-order chi connectivity index (χ0) is 13.4. The molecule has 1 atom stereocenters. The highest BCUT2D eigenvalue weighted by Crippen LogP contribution is 2.32. The molecule has 8 heteroatoms. The number of carbonyl (C=O) groups is 1. The highest BCUT2D eigenvalue weighted by molar-refractivity contribution is 5.79. The third kappa shape index (κ3) is 1.87. The van der Waals surface area contributed by atoms with Gasteiger partial charge in [0.2, 0.25) is 11.6 Å². The van der Waals surface area contributed by atoms with Crippen molar-refractivity contribution in [2.24, 2.45) is 0 Å². The number of carboxylic acid groups (broad SMARTS) is 1. The van der Waals surface area contributed by atoms with Crippen LogP contribution in [0.25, 0.3) is 0 Å². The quantitative estimate of drug-likeness (QED) is 0.652. The minimum atomic E-state index is -1.79. The Balaban J connectivity index is 2.54. The Hall–Kier alpha value is -1.86. The van der Waals surface area contributed by atoms with Gasteiger partial charge < -0.3 is 10.0 Å². The Morgan fingerprint density at radius 1 is 1.22 bits per heavy atom. The molecule has 1 aromatic rings. The second-order valence-electron chi connectivity index (χ2n) is 3.86. The van der Waals surface area contributed by atoms with Crippen LogP contribution in [0.15, 0.2) is 0 Å². The molecule has 1 saturated heterocycles. The van der Waals surface area contributed by atoms with Gasteiger partial charge in [0.1, 0.15) is 11.7 Å². The van der Waals surface area contributed by atoms with Crippen molar-refractivity contribution in [1.82, 2.24) is 4.98 Å². The Bertz CT molecular complexity index is 483. The van der Waals surface area contributed by atoms with Crippen LogP contribution in [0.1, 0.15) is 12.8 Å². The molecule has 0 unspecified atom stereocenters. The van der Waals surface area contributed by atoms with Crippen molar-refractivity contribution in [2.45, 2.75) is 18.9 Å². The molecule has 4 nitrogen and oxygen atoms in total. The smallest absolute Gasteiger partial charge is 0.326 e. The van der Waals surface area contributed by atoms with Gasteiger partial charge in [-0.3, -0.25) is 0 Å². The number of aromatic nitrogens is 1. The molecule has 1 N–H and O–H groups in total. The fourth-order valence-electron chi connectivity index (χ4n) is 2.02. The summed E-state index contributed by atoms with van der Waals surface area (Å²) in [4.78, 5) is 14.1. The van der Waals surface area contributed by atoms with Gasteiger partial charge in [0.05, 0.1) is 0 Å². The summed E-state index contributed by atoms with van der Waals surface area (Å²) in [7, 11) is 0. The highest BCUT2D eigenvalue weighted by atomic mass is 19.2. The zero-order valence-corrected chi connectivity index (χ0v) is 8.96. The Morgan fingerprint density at radius 3 is 2.28 bits per heavy atom. The van der Waals surface area contributed by atoms with E-state index in [1.807, 2.05) is 0 Å². The van der Waals surface area contributed by atoms with Gasteiger partial charge in [-0.1, -0.05) is 0 Å². The molecule has 1 fully saturated rings. The molecule has 2 rings (SSSR count). The lowest BCUT2D eigenvalue weighted by Crippen LogP contribution is -2.37. The third-order valence-electron chi connectivity index (χ3n) is 2.80. The summed E-state index contributed by atoms with van der Waals surface area (Å²) in [5, 5.41) is 8.88. The van der Waals surface area contributed by atoms with E-state index in [-0.39, 0.29) is 13.0 Å². The molecule has 0 aromatic carbocycles. The van der Waals surface area contributed by atoms with Gasteiger partial charge in [0, 0.05) is 6.54 Å². The molecule has 0 saturated carbocycles. The van der Waals surface area contributed by atoms with Crippen molar-refractivity contribution in [3.05, 3.63) is 23.5 Å². The molecular weight excluding hydrogens is 256 g/mol. The normalized spacial score (nSPS) is 19.3. The largest absolute Gasteiger partial charge is 0.480 e. The summed E-state index contributed by atoms with van der Waals surface area (Å²) >= 11 is 0. The number of pyridine rings is 1. The molecule has 0 bridgehead atoms. The summed E-state index contributed by atoms with van der Waals surface area (Å²) in [6, 6.07) is -1.20. The van der Waals surface area contributed by atoms with Crippen LogP contribution in [0.3, 0.4) is 0 Å². The summed E-state index contributed by atoms with van der Waals surface area (Å²) in [5.41, 5.74) is -1.01. The first-order valence-electron chi connectivity index (χ1n) is 5.13. The predicted octanol–water partition coefficient (Wildman–Crippen LogP) is 1.69. The van der Waals surface area contributed by atoms with E-state index in [2.05, 4.69) is 4.98 Å². The van der Waals surface area contributed by atoms with Gasteiger partial charge >= 0.3 is 5.97 Å². The Kier molecular flexibility index (Phi) is 3.10. The molecule has 2 heterocycles. The van der Waals surface area contributed by atoms with Crippen LogP contribution in [0, 0.1) is 23.5 Å². The predicted molar refractivity (Wildman–Crippen MR) is 52.1 cm³/mol. The van der Waals surface area contributed by atoms with Gasteiger partial charge in [-0.15, -0.1) is 0 Å². The maximum Gasteiger partial charge on any atom is 0.326 e. The average molecular weight is 264 g/mol. The Morgan fingerprint density at radius 2 is 1.78 bits per heavy atom. The number of rotatable bonds is 2. The van der Waals surface area contributed by atoms with Crippen LogP contribution in [-0.4, -0.2) is 28.6 Å². The molecule has 0 spiro atoms. The minimum absolute atomic E-state index is 0.00764. The van der Waals surface area contributed by atoms with Crippen molar-refractivity contribution >= 4 is 11.7 Å². The number of halogens is 4. The van der Waals surface area contributed by atoms with E-state index >= 15 is 0 Å². The fourth-order valence-corrected chi connectivity index (χ4v) is 2.02. The number of nitrogens with zero attached hydrogens (tertiary/aromatic N) is 2.